The van der Waals surface area contributed by atoms with E-state index >= 15 is 0 Å². The van der Waals surface area contributed by atoms with E-state index in [0.29, 0.717) is 18.7 Å². The summed E-state index contributed by atoms with van der Waals surface area (Å²) in [5.41, 5.74) is 1.04. The van der Waals surface area contributed by atoms with E-state index in [1.54, 1.807) is 24.5 Å². The number of non-ortho nitro benzene ring substituents is 1. The molecule has 0 aliphatic carbocycles. The number of nitrogens with zero attached hydrogens (tertiary/aromatic N) is 3. The van der Waals surface area contributed by atoms with Crippen molar-refractivity contribution in [1.82, 2.24) is 9.97 Å². The maximum Gasteiger partial charge on any atom is 0.272 e. The molecule has 100 valence electrons. The van der Waals surface area contributed by atoms with Gasteiger partial charge in [0.1, 0.15) is 0 Å². The summed E-state index contributed by atoms with van der Waals surface area (Å²) in [6.07, 6.45) is 3.98. The predicted octanol–water partition coefficient (Wildman–Crippen LogP) is 2.14. The molecule has 19 heavy (non-hydrogen) atoms. The van der Waals surface area contributed by atoms with Crippen LogP contribution in [0, 0.1) is 15.9 Å². The highest BCUT2D eigenvalue weighted by Crippen LogP contribution is 2.23. The van der Waals surface area contributed by atoms with Crippen molar-refractivity contribution in [1.29, 1.82) is 0 Å². The molecule has 1 aromatic carbocycles. The summed E-state index contributed by atoms with van der Waals surface area (Å²) in [4.78, 5) is 18.5. The molecule has 0 saturated carbocycles. The summed E-state index contributed by atoms with van der Waals surface area (Å²) >= 11 is 0. The Morgan fingerprint density at radius 2 is 2.32 bits per heavy atom. The average molecular weight is 264 g/mol. The second-order valence-electron chi connectivity index (χ2n) is 4.14. The summed E-state index contributed by atoms with van der Waals surface area (Å²) < 4.78 is 13.8. The highest BCUT2D eigenvalue weighted by Gasteiger charge is 2.13. The van der Waals surface area contributed by atoms with Crippen LogP contribution in [0.1, 0.15) is 5.69 Å². The van der Waals surface area contributed by atoms with Gasteiger partial charge in [0, 0.05) is 38.0 Å². The normalized spacial score (nSPS) is 10.4. The minimum atomic E-state index is -0.614. The molecule has 1 N–H and O–H groups in total. The number of aromatic nitrogens is 2. The lowest BCUT2D eigenvalue weighted by Gasteiger charge is -2.19. The molecule has 2 rings (SSSR count). The number of nitro benzene ring substituents is 1. The van der Waals surface area contributed by atoms with Gasteiger partial charge in [0.2, 0.25) is 0 Å². The van der Waals surface area contributed by atoms with E-state index in [4.69, 9.17) is 0 Å². The Balaban J connectivity index is 2.06. The Bertz CT molecular complexity index is 571. The molecule has 0 spiro atoms. The molecular formula is C12H13FN4O2. The minimum Gasteiger partial charge on any atom is -0.372 e. The molecule has 1 aromatic heterocycles. The van der Waals surface area contributed by atoms with Crippen LogP contribution in [0.5, 0.6) is 0 Å². The lowest BCUT2D eigenvalue weighted by Crippen LogP contribution is -2.21. The SMILES string of the molecule is CN(CCc1cnc[nH]1)c1ccc([N+](=O)[O-])cc1F. The quantitative estimate of drug-likeness (QED) is 0.663. The summed E-state index contributed by atoms with van der Waals surface area (Å²) in [5.74, 6) is -0.596. The lowest BCUT2D eigenvalue weighted by atomic mass is 10.2. The molecule has 0 atom stereocenters. The second-order valence-corrected chi connectivity index (χ2v) is 4.14. The van der Waals surface area contributed by atoms with E-state index in [1.165, 1.54) is 12.1 Å². The Kier molecular flexibility index (Phi) is 3.74. The van der Waals surface area contributed by atoms with Crippen molar-refractivity contribution in [3.8, 4) is 0 Å². The van der Waals surface area contributed by atoms with E-state index in [9.17, 15) is 14.5 Å². The van der Waals surface area contributed by atoms with Crippen LogP contribution in [-0.2, 0) is 6.42 Å². The number of nitro groups is 1. The summed E-state index contributed by atoms with van der Waals surface area (Å²) in [7, 11) is 1.74. The summed E-state index contributed by atoms with van der Waals surface area (Å²) in [5, 5.41) is 10.5. The van der Waals surface area contributed by atoms with Crippen molar-refractivity contribution in [3.05, 3.63) is 52.3 Å². The molecule has 6 nitrogen and oxygen atoms in total. The molecule has 2 aromatic rings. The van der Waals surface area contributed by atoms with Gasteiger partial charge in [-0.3, -0.25) is 10.1 Å². The Morgan fingerprint density at radius 3 is 2.89 bits per heavy atom. The first-order valence-electron chi connectivity index (χ1n) is 5.70. The maximum atomic E-state index is 13.8. The molecule has 0 aliphatic rings. The number of aromatic amines is 1. The second kappa shape index (κ2) is 5.47. The van der Waals surface area contributed by atoms with Crippen LogP contribution < -0.4 is 4.90 Å². The fourth-order valence-corrected chi connectivity index (χ4v) is 1.75. The smallest absolute Gasteiger partial charge is 0.272 e. The summed E-state index contributed by atoms with van der Waals surface area (Å²) in [6, 6.07) is 3.65. The fraction of sp³-hybridized carbons (Fsp3) is 0.250. The number of hydrogen-bond donors (Lipinski definition) is 1. The van der Waals surface area contributed by atoms with E-state index in [0.717, 1.165) is 11.8 Å². The monoisotopic (exact) mass is 264 g/mol. The first kappa shape index (κ1) is 13.0. The number of hydrogen-bond acceptors (Lipinski definition) is 4. The maximum absolute atomic E-state index is 13.8. The van der Waals surface area contributed by atoms with Crippen LogP contribution in [-0.4, -0.2) is 28.5 Å². The van der Waals surface area contributed by atoms with E-state index in [-0.39, 0.29) is 5.69 Å². The number of halogens is 1. The molecule has 7 heteroatoms. The zero-order valence-electron chi connectivity index (χ0n) is 10.3. The van der Waals surface area contributed by atoms with Crippen LogP contribution in [0.3, 0.4) is 0 Å². The Morgan fingerprint density at radius 1 is 1.53 bits per heavy atom. The van der Waals surface area contributed by atoms with Crippen LogP contribution in [0.15, 0.2) is 30.7 Å². The van der Waals surface area contributed by atoms with Gasteiger partial charge in [-0.25, -0.2) is 9.37 Å². The Labute approximate surface area is 109 Å². The van der Waals surface area contributed by atoms with E-state index < -0.39 is 10.7 Å². The molecule has 0 bridgehead atoms. The molecule has 0 fully saturated rings. The fourth-order valence-electron chi connectivity index (χ4n) is 1.75. The van der Waals surface area contributed by atoms with Crippen molar-refractivity contribution >= 4 is 11.4 Å². The molecule has 0 radical (unpaired) electrons. The van der Waals surface area contributed by atoms with Crippen molar-refractivity contribution in [3.63, 3.8) is 0 Å². The first-order chi connectivity index (χ1) is 9.08. The van der Waals surface area contributed by atoms with Gasteiger partial charge in [-0.2, -0.15) is 0 Å². The number of H-pyrrole nitrogens is 1. The first-order valence-corrected chi connectivity index (χ1v) is 5.70. The van der Waals surface area contributed by atoms with Gasteiger partial charge in [0.25, 0.3) is 5.69 Å². The zero-order chi connectivity index (χ0) is 13.8. The van der Waals surface area contributed by atoms with Gasteiger partial charge in [0.05, 0.1) is 23.0 Å². The Hall–Kier alpha value is -2.44. The molecule has 0 aliphatic heterocycles. The molecule has 0 saturated heterocycles. The van der Waals surface area contributed by atoms with Crippen LogP contribution in [0.4, 0.5) is 15.8 Å². The van der Waals surface area contributed by atoms with Crippen molar-refractivity contribution in [2.75, 3.05) is 18.5 Å². The van der Waals surface area contributed by atoms with Gasteiger partial charge in [0.15, 0.2) is 5.82 Å². The number of nitrogens with one attached hydrogen (secondary N) is 1. The van der Waals surface area contributed by atoms with Crippen molar-refractivity contribution in [2.24, 2.45) is 0 Å². The van der Waals surface area contributed by atoms with Crippen molar-refractivity contribution < 1.29 is 9.31 Å². The molecule has 0 amide bonds. The van der Waals surface area contributed by atoms with Gasteiger partial charge in [-0.1, -0.05) is 0 Å². The van der Waals surface area contributed by atoms with E-state index in [2.05, 4.69) is 9.97 Å². The van der Waals surface area contributed by atoms with Crippen LogP contribution in [0.2, 0.25) is 0 Å². The highest BCUT2D eigenvalue weighted by atomic mass is 19.1. The third kappa shape index (κ3) is 3.06. The number of anilines is 1. The molecular weight excluding hydrogens is 251 g/mol. The van der Waals surface area contributed by atoms with Gasteiger partial charge >= 0.3 is 0 Å². The number of benzene rings is 1. The third-order valence-corrected chi connectivity index (χ3v) is 2.82. The zero-order valence-corrected chi connectivity index (χ0v) is 10.3. The third-order valence-electron chi connectivity index (χ3n) is 2.82. The van der Waals surface area contributed by atoms with Crippen LogP contribution in [0.25, 0.3) is 0 Å². The van der Waals surface area contributed by atoms with Gasteiger partial charge < -0.3 is 9.88 Å². The average Bonchev–Trinajstić information content (AvgIpc) is 2.88. The minimum absolute atomic E-state index is 0.247. The molecule has 0 unspecified atom stereocenters. The summed E-state index contributed by atoms with van der Waals surface area (Å²) in [6.45, 7) is 0.580. The lowest BCUT2D eigenvalue weighted by molar-refractivity contribution is -0.385. The highest BCUT2D eigenvalue weighted by molar-refractivity contribution is 5.51. The number of imidazole rings is 1. The predicted molar refractivity (Wildman–Crippen MR) is 68.6 cm³/mol. The topological polar surface area (TPSA) is 75.1 Å². The van der Waals surface area contributed by atoms with Gasteiger partial charge in [-0.15, -0.1) is 0 Å². The number of likely N-dealkylation sites (N-methyl/N-ethyl adjacent to an activating group) is 1. The molecule has 1 heterocycles. The van der Waals surface area contributed by atoms with E-state index in [1.807, 2.05) is 0 Å². The van der Waals surface area contributed by atoms with Crippen molar-refractivity contribution in [2.45, 2.75) is 6.42 Å². The van der Waals surface area contributed by atoms with Gasteiger partial charge in [-0.05, 0) is 6.07 Å². The standard InChI is InChI=1S/C12H13FN4O2/c1-16(5-4-9-7-14-8-15-9)12-3-2-10(17(18)19)6-11(12)13/h2-3,6-8H,4-5H2,1H3,(H,14,15). The van der Waals surface area contributed by atoms with Crippen LogP contribution >= 0.6 is 0 Å². The number of rotatable bonds is 5. The largest absolute Gasteiger partial charge is 0.372 e.